The monoisotopic (exact) mass is 404 g/mol. The first-order chi connectivity index (χ1) is 13.6. The van der Waals surface area contributed by atoms with Gasteiger partial charge in [-0.3, -0.25) is 10.1 Å². The van der Waals surface area contributed by atoms with Gasteiger partial charge in [0.25, 0.3) is 0 Å². The molecule has 2 rings (SSSR count). The second-order valence-electron chi connectivity index (χ2n) is 7.23. The number of methoxy groups -OCH3 is 2. The van der Waals surface area contributed by atoms with Gasteiger partial charge in [0.2, 0.25) is 5.91 Å². The number of halogens is 1. The minimum Gasteiger partial charge on any atom is -0.497 e. The van der Waals surface area contributed by atoms with E-state index in [9.17, 15) is 14.0 Å². The molecule has 2 aromatic rings. The minimum absolute atomic E-state index is 0.0655. The first-order valence-electron chi connectivity index (χ1n) is 8.91. The molecule has 0 spiro atoms. The molecule has 0 atom stereocenters. The van der Waals surface area contributed by atoms with Crippen molar-refractivity contribution in [3.63, 3.8) is 0 Å². The highest BCUT2D eigenvalue weighted by Crippen LogP contribution is 2.28. The molecule has 0 fully saturated rings. The van der Waals surface area contributed by atoms with E-state index in [0.29, 0.717) is 22.7 Å². The van der Waals surface area contributed by atoms with Gasteiger partial charge >= 0.3 is 6.09 Å². The molecule has 156 valence electrons. The molecule has 0 saturated carbocycles. The van der Waals surface area contributed by atoms with Crippen molar-refractivity contribution in [1.82, 2.24) is 0 Å². The van der Waals surface area contributed by atoms with E-state index >= 15 is 0 Å². The number of benzene rings is 2. The average molecular weight is 404 g/mol. The molecule has 2 amide bonds. The normalized spacial score (nSPS) is 10.8. The van der Waals surface area contributed by atoms with Crippen molar-refractivity contribution in [2.24, 2.45) is 0 Å². The second kappa shape index (κ2) is 9.27. The van der Waals surface area contributed by atoms with E-state index in [4.69, 9.17) is 14.2 Å². The Kier molecular flexibility index (Phi) is 7.03. The molecule has 2 N–H and O–H groups in total. The number of carbonyl (C=O) groups excluding carboxylic acids is 2. The summed E-state index contributed by atoms with van der Waals surface area (Å²) in [6, 6.07) is 9.10. The lowest BCUT2D eigenvalue weighted by atomic mass is 10.1. The first-order valence-corrected chi connectivity index (χ1v) is 8.91. The van der Waals surface area contributed by atoms with Gasteiger partial charge in [0.1, 0.15) is 11.4 Å². The van der Waals surface area contributed by atoms with Gasteiger partial charge in [-0.2, -0.15) is 0 Å². The maximum atomic E-state index is 13.8. The highest BCUT2D eigenvalue weighted by atomic mass is 19.1. The van der Waals surface area contributed by atoms with Gasteiger partial charge in [-0.1, -0.05) is 6.07 Å². The summed E-state index contributed by atoms with van der Waals surface area (Å²) in [6.07, 6.45) is -0.723. The van der Waals surface area contributed by atoms with Crippen LogP contribution in [0.25, 0.3) is 0 Å². The molecule has 0 unspecified atom stereocenters. The maximum Gasteiger partial charge on any atom is 0.412 e. The van der Waals surface area contributed by atoms with Crippen LogP contribution in [0.1, 0.15) is 26.3 Å². The highest BCUT2D eigenvalue weighted by molar-refractivity contribution is 5.99. The van der Waals surface area contributed by atoms with Crippen molar-refractivity contribution < 1.29 is 28.2 Å². The Hall–Kier alpha value is -3.29. The molecule has 0 radical (unpaired) electrons. The van der Waals surface area contributed by atoms with E-state index in [-0.39, 0.29) is 12.2 Å². The SMILES string of the molecule is COc1ccc(NC(=O)OC(C)(C)C)c(NC(=O)Cc2ccc(OC)c(F)c2)c1. The van der Waals surface area contributed by atoms with Crippen LogP contribution < -0.4 is 20.1 Å². The van der Waals surface area contributed by atoms with Gasteiger partial charge < -0.3 is 19.5 Å². The van der Waals surface area contributed by atoms with Crippen LogP contribution >= 0.6 is 0 Å². The number of rotatable bonds is 6. The van der Waals surface area contributed by atoms with Gasteiger partial charge in [0.05, 0.1) is 32.0 Å². The van der Waals surface area contributed by atoms with Crippen molar-refractivity contribution in [1.29, 1.82) is 0 Å². The summed E-state index contributed by atoms with van der Waals surface area (Å²) in [7, 11) is 2.86. The predicted octanol–water partition coefficient (Wildman–Crippen LogP) is 4.37. The zero-order valence-corrected chi connectivity index (χ0v) is 17.1. The number of hydrogen-bond donors (Lipinski definition) is 2. The molecule has 0 aliphatic rings. The minimum atomic E-state index is -0.668. The number of ether oxygens (including phenoxy) is 3. The Labute approximate surface area is 169 Å². The van der Waals surface area contributed by atoms with Crippen molar-refractivity contribution in [2.45, 2.75) is 32.8 Å². The van der Waals surface area contributed by atoms with E-state index in [1.807, 2.05) is 0 Å². The van der Waals surface area contributed by atoms with Crippen molar-refractivity contribution in [3.8, 4) is 11.5 Å². The Morgan fingerprint density at radius 3 is 2.28 bits per heavy atom. The standard InChI is InChI=1S/C21H25FN2O5/c1-21(2,3)29-20(26)24-16-8-7-14(27-4)12-17(16)23-19(25)11-13-6-9-18(28-5)15(22)10-13/h6-10,12H,11H2,1-5H3,(H,23,25)(H,24,26). The Morgan fingerprint density at radius 2 is 1.69 bits per heavy atom. The average Bonchev–Trinajstić information content (AvgIpc) is 2.61. The fourth-order valence-corrected chi connectivity index (χ4v) is 2.48. The lowest BCUT2D eigenvalue weighted by Gasteiger charge is -2.20. The molecule has 8 heteroatoms. The molecule has 0 aromatic heterocycles. The molecular formula is C21H25FN2O5. The molecule has 0 bridgehead atoms. The van der Waals surface area contributed by atoms with E-state index in [1.165, 1.54) is 26.4 Å². The molecule has 2 aromatic carbocycles. The molecule has 0 saturated heterocycles. The van der Waals surface area contributed by atoms with Crippen molar-refractivity contribution in [2.75, 3.05) is 24.9 Å². The van der Waals surface area contributed by atoms with E-state index in [1.54, 1.807) is 45.0 Å². The molecular weight excluding hydrogens is 379 g/mol. The fraction of sp³-hybridized carbons (Fsp3) is 0.333. The van der Waals surface area contributed by atoms with Gasteiger partial charge in [0, 0.05) is 6.07 Å². The molecule has 0 aliphatic heterocycles. The zero-order valence-electron chi connectivity index (χ0n) is 17.1. The molecule has 7 nitrogen and oxygen atoms in total. The van der Waals surface area contributed by atoms with Crippen LogP contribution in [-0.4, -0.2) is 31.8 Å². The lowest BCUT2D eigenvalue weighted by Crippen LogP contribution is -2.27. The summed E-state index contributed by atoms with van der Waals surface area (Å²) < 4.78 is 29.1. The third-order valence-electron chi connectivity index (χ3n) is 3.72. The Morgan fingerprint density at radius 1 is 0.966 bits per heavy atom. The maximum absolute atomic E-state index is 13.8. The van der Waals surface area contributed by atoms with Crippen LogP contribution in [0.4, 0.5) is 20.6 Å². The Balaban J connectivity index is 2.16. The van der Waals surface area contributed by atoms with E-state index in [0.717, 1.165) is 0 Å². The second-order valence-corrected chi connectivity index (χ2v) is 7.23. The third-order valence-corrected chi connectivity index (χ3v) is 3.72. The third kappa shape index (κ3) is 6.67. The van der Waals surface area contributed by atoms with Crippen LogP contribution in [0.2, 0.25) is 0 Å². The van der Waals surface area contributed by atoms with E-state index < -0.39 is 23.4 Å². The van der Waals surface area contributed by atoms with Crippen LogP contribution in [-0.2, 0) is 16.0 Å². The van der Waals surface area contributed by atoms with Crippen LogP contribution in [0, 0.1) is 5.82 Å². The molecule has 29 heavy (non-hydrogen) atoms. The lowest BCUT2D eigenvalue weighted by molar-refractivity contribution is -0.115. The number of carbonyl (C=O) groups is 2. The van der Waals surface area contributed by atoms with E-state index in [2.05, 4.69) is 10.6 Å². The van der Waals surface area contributed by atoms with Gasteiger partial charge in [-0.05, 0) is 50.6 Å². The highest BCUT2D eigenvalue weighted by Gasteiger charge is 2.18. The van der Waals surface area contributed by atoms with Crippen LogP contribution in [0.5, 0.6) is 11.5 Å². The largest absolute Gasteiger partial charge is 0.497 e. The summed E-state index contributed by atoms with van der Waals surface area (Å²) >= 11 is 0. The number of amides is 2. The van der Waals surface area contributed by atoms with Gasteiger partial charge in [-0.25, -0.2) is 9.18 Å². The topological polar surface area (TPSA) is 85.9 Å². The number of hydrogen-bond acceptors (Lipinski definition) is 5. The Bertz CT molecular complexity index is 893. The van der Waals surface area contributed by atoms with Crippen LogP contribution in [0.15, 0.2) is 36.4 Å². The summed E-state index contributed by atoms with van der Waals surface area (Å²) in [4.78, 5) is 24.5. The summed E-state index contributed by atoms with van der Waals surface area (Å²) in [5.41, 5.74) is 0.479. The quantitative estimate of drug-likeness (QED) is 0.747. The fourth-order valence-electron chi connectivity index (χ4n) is 2.48. The number of nitrogens with one attached hydrogen (secondary N) is 2. The zero-order chi connectivity index (χ0) is 21.6. The van der Waals surface area contributed by atoms with Crippen molar-refractivity contribution >= 4 is 23.4 Å². The smallest absolute Gasteiger partial charge is 0.412 e. The summed E-state index contributed by atoms with van der Waals surface area (Å²) in [5.74, 6) is -0.349. The molecule has 0 aliphatic carbocycles. The van der Waals surface area contributed by atoms with Gasteiger partial charge in [-0.15, -0.1) is 0 Å². The summed E-state index contributed by atoms with van der Waals surface area (Å²) in [5, 5.41) is 5.31. The first kappa shape index (κ1) is 22.0. The molecule has 0 heterocycles. The van der Waals surface area contributed by atoms with Crippen molar-refractivity contribution in [3.05, 3.63) is 47.8 Å². The summed E-state index contributed by atoms with van der Waals surface area (Å²) in [6.45, 7) is 5.24. The van der Waals surface area contributed by atoms with Crippen LogP contribution in [0.3, 0.4) is 0 Å². The van der Waals surface area contributed by atoms with Gasteiger partial charge in [0.15, 0.2) is 11.6 Å². The number of anilines is 2. The predicted molar refractivity (Wildman–Crippen MR) is 108 cm³/mol.